The van der Waals surface area contributed by atoms with Crippen LogP contribution in [0.2, 0.25) is 0 Å². The normalized spacial score (nSPS) is 11.4. The van der Waals surface area contributed by atoms with Crippen molar-refractivity contribution >= 4 is 29.0 Å². The molecule has 3 rings (SSSR count). The van der Waals surface area contributed by atoms with Crippen molar-refractivity contribution in [3.8, 4) is 5.75 Å². The lowest BCUT2D eigenvalue weighted by Crippen LogP contribution is -2.25. The largest absolute Gasteiger partial charge is 0.486 e. The predicted octanol–water partition coefficient (Wildman–Crippen LogP) is 3.95. The summed E-state index contributed by atoms with van der Waals surface area (Å²) in [6.07, 6.45) is -4.45. The van der Waals surface area contributed by atoms with Crippen LogP contribution in [0.3, 0.4) is 0 Å². The highest BCUT2D eigenvalue weighted by Crippen LogP contribution is 2.31. The third-order valence-electron chi connectivity index (χ3n) is 3.45. The van der Waals surface area contributed by atoms with Crippen molar-refractivity contribution in [2.24, 2.45) is 0 Å². The van der Waals surface area contributed by atoms with E-state index in [9.17, 15) is 18.0 Å². The Kier molecular flexibility index (Phi) is 6.75. The minimum atomic E-state index is -4.45. The molecule has 0 aliphatic rings. The first kappa shape index (κ1) is 21.1. The van der Waals surface area contributed by atoms with Crippen LogP contribution in [-0.2, 0) is 12.8 Å². The number of hydrogen-bond acceptors (Lipinski definition) is 8. The fraction of sp³-hybridized carbons (Fsp3) is 0.294. The summed E-state index contributed by atoms with van der Waals surface area (Å²) in [6.45, 7) is 2.10. The number of alkyl halides is 3. The van der Waals surface area contributed by atoms with Gasteiger partial charge in [0.1, 0.15) is 17.4 Å². The lowest BCUT2D eigenvalue weighted by molar-refractivity contribution is -0.137. The number of nitrogens with zero attached hydrogens (tertiary/aromatic N) is 3. The van der Waals surface area contributed by atoms with Crippen LogP contribution in [0.4, 0.5) is 13.2 Å². The molecule has 7 nitrogen and oxygen atoms in total. The zero-order valence-electron chi connectivity index (χ0n) is 15.0. The van der Waals surface area contributed by atoms with Gasteiger partial charge in [-0.3, -0.25) is 4.79 Å². The van der Waals surface area contributed by atoms with E-state index in [1.54, 1.807) is 0 Å². The van der Waals surface area contributed by atoms with Crippen LogP contribution in [0, 0.1) is 6.92 Å². The molecule has 29 heavy (non-hydrogen) atoms. The van der Waals surface area contributed by atoms with E-state index in [0.29, 0.717) is 12.3 Å². The van der Waals surface area contributed by atoms with Crippen molar-refractivity contribution in [2.75, 3.05) is 12.3 Å². The van der Waals surface area contributed by atoms with Gasteiger partial charge in [-0.25, -0.2) is 0 Å². The summed E-state index contributed by atoms with van der Waals surface area (Å²) in [5.41, 5.74) is -0.751. The minimum Gasteiger partial charge on any atom is -0.486 e. The maximum Gasteiger partial charge on any atom is 0.416 e. The summed E-state index contributed by atoms with van der Waals surface area (Å²) in [4.78, 5) is 12.1. The predicted molar refractivity (Wildman–Crippen MR) is 100.0 cm³/mol. The number of thioether (sulfide) groups is 1. The van der Waals surface area contributed by atoms with Crippen molar-refractivity contribution in [2.45, 2.75) is 24.0 Å². The Morgan fingerprint density at radius 2 is 2.14 bits per heavy atom. The number of amides is 1. The summed E-state index contributed by atoms with van der Waals surface area (Å²) in [7, 11) is 0. The number of carbonyl (C=O) groups excluding carboxylic acids is 1. The topological polar surface area (TPSA) is 90.1 Å². The van der Waals surface area contributed by atoms with Gasteiger partial charge in [0.15, 0.2) is 15.8 Å². The zero-order chi connectivity index (χ0) is 20.9. The van der Waals surface area contributed by atoms with Crippen LogP contribution < -0.4 is 10.1 Å². The maximum absolute atomic E-state index is 12.7. The molecule has 154 valence electrons. The van der Waals surface area contributed by atoms with Gasteiger partial charge in [-0.1, -0.05) is 34.3 Å². The average molecular weight is 444 g/mol. The molecule has 0 aliphatic heterocycles. The van der Waals surface area contributed by atoms with E-state index in [4.69, 9.17) is 9.26 Å². The first-order valence-electron chi connectivity index (χ1n) is 8.28. The highest BCUT2D eigenvalue weighted by atomic mass is 32.2. The fourth-order valence-corrected chi connectivity index (χ4v) is 3.88. The molecule has 0 spiro atoms. The van der Waals surface area contributed by atoms with Gasteiger partial charge < -0.3 is 14.6 Å². The molecule has 3 aromatic rings. The number of halogens is 3. The molecule has 0 fully saturated rings. The Morgan fingerprint density at radius 1 is 1.31 bits per heavy atom. The molecule has 0 saturated carbocycles. The summed E-state index contributed by atoms with van der Waals surface area (Å²) in [5, 5.41) is 15.1. The van der Waals surface area contributed by atoms with E-state index in [1.165, 1.54) is 41.3 Å². The van der Waals surface area contributed by atoms with Gasteiger partial charge in [-0.05, 0) is 25.1 Å². The summed E-state index contributed by atoms with van der Waals surface area (Å²) >= 11 is 2.95. The van der Waals surface area contributed by atoms with E-state index < -0.39 is 17.6 Å². The first-order chi connectivity index (χ1) is 13.8. The molecule has 0 bridgehead atoms. The molecule has 0 aliphatic carbocycles. The third-order valence-corrected chi connectivity index (χ3v) is 5.43. The molecular formula is C17H15F3N4O3S2. The second-order valence-electron chi connectivity index (χ2n) is 5.68. The standard InChI is InChI=1S/C17H15F3N4O3S2/c1-10-22-23-16(29-10)28-6-5-21-15(25)14-8-13(27-24-14)9-26-12-4-2-3-11(7-12)17(18,19)20/h2-4,7-8H,5-6,9H2,1H3,(H,21,25). The molecular weight excluding hydrogens is 429 g/mol. The molecule has 1 N–H and O–H groups in total. The van der Waals surface area contributed by atoms with E-state index >= 15 is 0 Å². The Bertz CT molecular complexity index is 975. The monoisotopic (exact) mass is 444 g/mol. The molecule has 1 aromatic carbocycles. The molecule has 0 saturated heterocycles. The highest BCUT2D eigenvalue weighted by Gasteiger charge is 2.30. The van der Waals surface area contributed by atoms with Crippen LogP contribution in [0.5, 0.6) is 5.75 Å². The molecule has 1 amide bonds. The highest BCUT2D eigenvalue weighted by molar-refractivity contribution is 8.01. The van der Waals surface area contributed by atoms with Crippen LogP contribution in [0.1, 0.15) is 26.8 Å². The van der Waals surface area contributed by atoms with Gasteiger partial charge in [0.2, 0.25) is 0 Å². The second kappa shape index (κ2) is 9.27. The van der Waals surface area contributed by atoms with Gasteiger partial charge in [0.25, 0.3) is 5.91 Å². The van der Waals surface area contributed by atoms with E-state index in [0.717, 1.165) is 21.5 Å². The Morgan fingerprint density at radius 3 is 2.86 bits per heavy atom. The van der Waals surface area contributed by atoms with Crippen LogP contribution >= 0.6 is 23.1 Å². The zero-order valence-corrected chi connectivity index (χ0v) is 16.7. The van der Waals surface area contributed by atoms with Gasteiger partial charge in [0.05, 0.1) is 5.56 Å². The number of rotatable bonds is 8. The van der Waals surface area contributed by atoms with Gasteiger partial charge in [0, 0.05) is 18.4 Å². The SMILES string of the molecule is Cc1nnc(SCCNC(=O)c2cc(COc3cccc(C(F)(F)F)c3)on2)s1. The molecule has 2 aromatic heterocycles. The number of aromatic nitrogens is 3. The van der Waals surface area contributed by atoms with Crippen LogP contribution in [0.15, 0.2) is 39.2 Å². The second-order valence-corrected chi connectivity index (χ2v) is 8.21. The van der Waals surface area contributed by atoms with Crippen molar-refractivity contribution in [3.63, 3.8) is 0 Å². The van der Waals surface area contributed by atoms with E-state index in [-0.39, 0.29) is 23.8 Å². The molecule has 12 heteroatoms. The minimum absolute atomic E-state index is 0.0335. The number of benzene rings is 1. The van der Waals surface area contributed by atoms with Gasteiger partial charge >= 0.3 is 6.18 Å². The first-order valence-corrected chi connectivity index (χ1v) is 10.1. The quantitative estimate of drug-likeness (QED) is 0.416. The van der Waals surface area contributed by atoms with Crippen LogP contribution in [0.25, 0.3) is 0 Å². The Hall–Kier alpha value is -2.60. The lowest BCUT2D eigenvalue weighted by Gasteiger charge is -2.09. The van der Waals surface area contributed by atoms with E-state index in [1.807, 2.05) is 6.92 Å². The Labute approximate surface area is 171 Å². The smallest absolute Gasteiger partial charge is 0.416 e. The van der Waals surface area contributed by atoms with Gasteiger partial charge in [-0.2, -0.15) is 13.2 Å². The molecule has 0 radical (unpaired) electrons. The van der Waals surface area contributed by atoms with Gasteiger partial charge in [-0.15, -0.1) is 10.2 Å². The molecule has 0 atom stereocenters. The molecule has 2 heterocycles. The number of carbonyl (C=O) groups is 1. The number of nitrogens with one attached hydrogen (secondary N) is 1. The number of ether oxygens (including phenoxy) is 1. The summed E-state index contributed by atoms with van der Waals surface area (Å²) < 4.78 is 49.3. The Balaban J connectivity index is 1.45. The average Bonchev–Trinajstić information content (AvgIpc) is 3.32. The van der Waals surface area contributed by atoms with Crippen molar-refractivity contribution in [1.29, 1.82) is 0 Å². The van der Waals surface area contributed by atoms with Crippen molar-refractivity contribution < 1.29 is 27.2 Å². The summed E-state index contributed by atoms with van der Waals surface area (Å²) in [5.74, 6) is 0.439. The van der Waals surface area contributed by atoms with E-state index in [2.05, 4.69) is 20.7 Å². The third kappa shape index (κ3) is 6.19. The molecule has 0 unspecified atom stereocenters. The maximum atomic E-state index is 12.7. The van der Waals surface area contributed by atoms with Crippen molar-refractivity contribution in [1.82, 2.24) is 20.7 Å². The fourth-order valence-electron chi connectivity index (χ4n) is 2.13. The lowest BCUT2D eigenvalue weighted by atomic mass is 10.2. The number of aryl methyl sites for hydroxylation is 1. The van der Waals surface area contributed by atoms with Crippen molar-refractivity contribution in [3.05, 3.63) is 52.4 Å². The summed E-state index contributed by atoms with van der Waals surface area (Å²) in [6, 6.07) is 5.87. The van der Waals surface area contributed by atoms with Crippen LogP contribution in [-0.4, -0.2) is 33.6 Å². The number of hydrogen-bond donors (Lipinski definition) is 1.